The summed E-state index contributed by atoms with van der Waals surface area (Å²) in [5.41, 5.74) is 1.04. The van der Waals surface area contributed by atoms with Crippen molar-refractivity contribution in [2.24, 2.45) is 0 Å². The first-order valence-corrected chi connectivity index (χ1v) is 12.8. The average molecular weight is 507 g/mol. The second kappa shape index (κ2) is 10.3. The van der Waals surface area contributed by atoms with Crippen molar-refractivity contribution in [1.82, 2.24) is 24.4 Å². The third-order valence-electron chi connectivity index (χ3n) is 5.86. The third-order valence-corrected chi connectivity index (χ3v) is 7.43. The Kier molecular flexibility index (Phi) is 7.33. The van der Waals surface area contributed by atoms with Crippen molar-refractivity contribution >= 4 is 15.7 Å². The number of rotatable bonds is 8. The number of likely N-dealkylation sites (N-methyl/N-ethyl adjacent to an activating group) is 1. The lowest BCUT2D eigenvalue weighted by atomic mass is 10.2. The molecule has 1 fully saturated rings. The number of nitrogens with zero attached hydrogens (tertiary/aromatic N) is 5. The SMILES string of the molecule is CCn1c(Oc2cccc(N3CCN(C)CC3)c2)nnc1[C@@H](C)NS(=O)(=O)c1ccc(F)cc1F. The molecule has 0 radical (unpaired) electrons. The molecular formula is C23H28F2N6O3S. The van der Waals surface area contributed by atoms with Gasteiger partial charge in [-0.25, -0.2) is 21.9 Å². The smallest absolute Gasteiger partial charge is 0.322 e. The number of aromatic nitrogens is 3. The molecule has 1 saturated heterocycles. The zero-order chi connectivity index (χ0) is 25.2. The molecule has 4 rings (SSSR count). The molecule has 2 aromatic carbocycles. The summed E-state index contributed by atoms with van der Waals surface area (Å²) in [5.74, 6) is -1.16. The second-order valence-electron chi connectivity index (χ2n) is 8.39. The summed E-state index contributed by atoms with van der Waals surface area (Å²) in [6.07, 6.45) is 0. The van der Waals surface area contributed by atoms with Crippen LogP contribution in [0.5, 0.6) is 11.8 Å². The maximum Gasteiger partial charge on any atom is 0.322 e. The quantitative estimate of drug-likeness (QED) is 0.502. The van der Waals surface area contributed by atoms with Crippen LogP contribution in [0.3, 0.4) is 0 Å². The molecule has 0 bridgehead atoms. The molecule has 12 heteroatoms. The molecule has 0 saturated carbocycles. The molecule has 2 heterocycles. The Bertz CT molecular complexity index is 1290. The van der Waals surface area contributed by atoms with Gasteiger partial charge in [-0.1, -0.05) is 11.2 Å². The minimum Gasteiger partial charge on any atom is -0.424 e. The lowest BCUT2D eigenvalue weighted by Crippen LogP contribution is -2.44. The summed E-state index contributed by atoms with van der Waals surface area (Å²) in [6, 6.07) is 9.33. The number of hydrogen-bond acceptors (Lipinski definition) is 7. The number of benzene rings is 2. The van der Waals surface area contributed by atoms with Crippen LogP contribution in [0.2, 0.25) is 0 Å². The van der Waals surface area contributed by atoms with Gasteiger partial charge in [0, 0.05) is 50.5 Å². The Morgan fingerprint density at radius 3 is 2.51 bits per heavy atom. The Morgan fingerprint density at radius 2 is 1.83 bits per heavy atom. The van der Waals surface area contributed by atoms with E-state index in [9.17, 15) is 17.2 Å². The molecule has 3 aromatic rings. The first-order valence-electron chi connectivity index (χ1n) is 11.3. The van der Waals surface area contributed by atoms with E-state index in [0.717, 1.165) is 44.0 Å². The van der Waals surface area contributed by atoms with Crippen molar-refractivity contribution < 1.29 is 21.9 Å². The number of halogens is 2. The van der Waals surface area contributed by atoms with Crippen LogP contribution in [-0.2, 0) is 16.6 Å². The highest BCUT2D eigenvalue weighted by molar-refractivity contribution is 7.89. The number of piperazine rings is 1. The molecule has 1 aliphatic rings. The van der Waals surface area contributed by atoms with Crippen LogP contribution in [0.1, 0.15) is 25.7 Å². The van der Waals surface area contributed by atoms with Crippen molar-refractivity contribution in [3.63, 3.8) is 0 Å². The predicted molar refractivity (Wildman–Crippen MR) is 127 cm³/mol. The van der Waals surface area contributed by atoms with Crippen LogP contribution in [0.4, 0.5) is 14.5 Å². The molecule has 9 nitrogen and oxygen atoms in total. The van der Waals surface area contributed by atoms with E-state index in [1.165, 1.54) is 0 Å². The fraction of sp³-hybridized carbons (Fsp3) is 0.391. The summed E-state index contributed by atoms with van der Waals surface area (Å²) in [5, 5.41) is 8.21. The van der Waals surface area contributed by atoms with Gasteiger partial charge < -0.3 is 14.5 Å². The van der Waals surface area contributed by atoms with Crippen molar-refractivity contribution in [1.29, 1.82) is 0 Å². The fourth-order valence-corrected chi connectivity index (χ4v) is 5.21. The Labute approximate surface area is 203 Å². The van der Waals surface area contributed by atoms with Gasteiger partial charge in [0.1, 0.15) is 22.3 Å². The first kappa shape index (κ1) is 25.0. The van der Waals surface area contributed by atoms with Gasteiger partial charge in [0.05, 0.1) is 6.04 Å². The third kappa shape index (κ3) is 5.60. The minimum atomic E-state index is -4.27. The van der Waals surface area contributed by atoms with Gasteiger partial charge >= 0.3 is 6.01 Å². The van der Waals surface area contributed by atoms with Crippen LogP contribution in [-0.4, -0.2) is 61.3 Å². The van der Waals surface area contributed by atoms with Crippen LogP contribution < -0.4 is 14.4 Å². The van der Waals surface area contributed by atoms with Crippen LogP contribution >= 0.6 is 0 Å². The first-order chi connectivity index (χ1) is 16.7. The van der Waals surface area contributed by atoms with Gasteiger partial charge in [0.2, 0.25) is 10.0 Å². The largest absolute Gasteiger partial charge is 0.424 e. The van der Waals surface area contributed by atoms with Gasteiger partial charge in [0.15, 0.2) is 5.82 Å². The van der Waals surface area contributed by atoms with Crippen molar-refractivity contribution in [2.75, 3.05) is 38.1 Å². The van der Waals surface area contributed by atoms with Gasteiger partial charge in [-0.2, -0.15) is 0 Å². The highest BCUT2D eigenvalue weighted by Crippen LogP contribution is 2.28. The summed E-state index contributed by atoms with van der Waals surface area (Å²) >= 11 is 0. The van der Waals surface area contributed by atoms with E-state index in [-0.39, 0.29) is 6.01 Å². The van der Waals surface area contributed by atoms with Crippen LogP contribution in [0, 0.1) is 11.6 Å². The highest BCUT2D eigenvalue weighted by Gasteiger charge is 2.26. The van der Waals surface area contributed by atoms with Gasteiger partial charge in [0.25, 0.3) is 0 Å². The average Bonchev–Trinajstić information content (AvgIpc) is 3.22. The lowest BCUT2D eigenvalue weighted by Gasteiger charge is -2.34. The van der Waals surface area contributed by atoms with E-state index in [1.807, 2.05) is 31.2 Å². The number of hydrogen-bond donors (Lipinski definition) is 1. The maximum atomic E-state index is 14.1. The van der Waals surface area contributed by atoms with Crippen LogP contribution in [0.15, 0.2) is 47.4 Å². The number of sulfonamides is 1. The molecule has 1 atom stereocenters. The Balaban J connectivity index is 1.52. The van der Waals surface area contributed by atoms with E-state index in [2.05, 4.69) is 31.8 Å². The molecule has 188 valence electrons. The molecule has 1 N–H and O–H groups in total. The van der Waals surface area contributed by atoms with E-state index in [0.29, 0.717) is 24.2 Å². The van der Waals surface area contributed by atoms with Crippen molar-refractivity contribution in [3.8, 4) is 11.8 Å². The summed E-state index contributed by atoms with van der Waals surface area (Å²) in [7, 11) is -2.17. The molecule has 1 aromatic heterocycles. The molecule has 0 unspecified atom stereocenters. The Hall–Kier alpha value is -3.09. The number of anilines is 1. The van der Waals surface area contributed by atoms with Crippen molar-refractivity contribution in [2.45, 2.75) is 31.3 Å². The molecular weight excluding hydrogens is 478 g/mol. The zero-order valence-electron chi connectivity index (χ0n) is 19.8. The van der Waals surface area contributed by atoms with Gasteiger partial charge in [-0.3, -0.25) is 4.57 Å². The monoisotopic (exact) mass is 506 g/mol. The minimum absolute atomic E-state index is 0.206. The van der Waals surface area contributed by atoms with E-state index < -0.39 is 32.6 Å². The number of ether oxygens (including phenoxy) is 1. The van der Waals surface area contributed by atoms with Gasteiger partial charge in [-0.15, -0.1) is 5.10 Å². The van der Waals surface area contributed by atoms with E-state index >= 15 is 0 Å². The lowest BCUT2D eigenvalue weighted by molar-refractivity contribution is 0.312. The normalized spacial score (nSPS) is 15.9. The molecule has 1 aliphatic heterocycles. The highest BCUT2D eigenvalue weighted by atomic mass is 32.2. The standard InChI is InChI=1S/C23H28F2N6O3S/c1-4-31-22(16(2)28-35(32,33)21-9-8-17(24)14-20(21)25)26-27-23(31)34-19-7-5-6-18(15-19)30-12-10-29(3)11-13-30/h5-9,14-16,28H,4,10-13H2,1-3H3/t16-/m1/s1. The summed E-state index contributed by atoms with van der Waals surface area (Å²) in [6.45, 7) is 7.62. The molecule has 35 heavy (non-hydrogen) atoms. The maximum absolute atomic E-state index is 14.1. The van der Waals surface area contributed by atoms with Crippen LogP contribution in [0.25, 0.3) is 0 Å². The van der Waals surface area contributed by atoms with E-state index in [1.54, 1.807) is 11.5 Å². The number of nitrogens with one attached hydrogen (secondary N) is 1. The molecule has 0 aliphatic carbocycles. The zero-order valence-corrected chi connectivity index (χ0v) is 20.6. The molecule has 0 amide bonds. The van der Waals surface area contributed by atoms with Crippen molar-refractivity contribution in [3.05, 3.63) is 59.9 Å². The second-order valence-corrected chi connectivity index (χ2v) is 10.1. The summed E-state index contributed by atoms with van der Waals surface area (Å²) in [4.78, 5) is 3.92. The Morgan fingerprint density at radius 1 is 1.09 bits per heavy atom. The van der Waals surface area contributed by atoms with Gasteiger partial charge in [-0.05, 0) is 45.2 Å². The van der Waals surface area contributed by atoms with E-state index in [4.69, 9.17) is 4.74 Å². The predicted octanol–water partition coefficient (Wildman–Crippen LogP) is 3.16. The summed E-state index contributed by atoms with van der Waals surface area (Å²) < 4.78 is 62.6. The fourth-order valence-electron chi connectivity index (χ4n) is 3.95. The topological polar surface area (TPSA) is 92.6 Å². The molecule has 0 spiro atoms.